The van der Waals surface area contributed by atoms with Crippen LogP contribution in [0.3, 0.4) is 0 Å². The van der Waals surface area contributed by atoms with Gasteiger partial charge in [0, 0.05) is 19.5 Å². The molecule has 0 amide bonds. The Morgan fingerprint density at radius 3 is 3.15 bits per heavy atom. The third-order valence-electron chi connectivity index (χ3n) is 2.55. The van der Waals surface area contributed by atoms with Crippen molar-refractivity contribution in [3.63, 3.8) is 0 Å². The number of rotatable bonds is 2. The molecule has 0 aromatic carbocycles. The van der Waals surface area contributed by atoms with E-state index in [0.717, 1.165) is 25.6 Å². The van der Waals surface area contributed by atoms with Crippen LogP contribution in [0.1, 0.15) is 26.2 Å². The molecule has 1 unspecified atom stereocenters. The summed E-state index contributed by atoms with van der Waals surface area (Å²) in [4.78, 5) is 2.36. The molecule has 0 radical (unpaired) electrons. The van der Waals surface area contributed by atoms with E-state index in [4.69, 9.17) is 5.26 Å². The summed E-state index contributed by atoms with van der Waals surface area (Å²) in [6, 6.07) is 2.20. The summed E-state index contributed by atoms with van der Waals surface area (Å²) < 4.78 is 0. The van der Waals surface area contributed by atoms with Crippen LogP contribution in [0.15, 0.2) is 12.2 Å². The molecule has 0 aliphatic carbocycles. The van der Waals surface area contributed by atoms with E-state index in [-0.39, 0.29) is 0 Å². The van der Waals surface area contributed by atoms with Crippen LogP contribution in [0.25, 0.3) is 0 Å². The van der Waals surface area contributed by atoms with E-state index in [0.29, 0.717) is 6.42 Å². The van der Waals surface area contributed by atoms with Gasteiger partial charge in [0.2, 0.25) is 0 Å². The maximum absolute atomic E-state index is 8.48. The number of nitrogens with zero attached hydrogens (tertiary/aromatic N) is 2. The van der Waals surface area contributed by atoms with Gasteiger partial charge in [-0.3, -0.25) is 4.90 Å². The lowest BCUT2D eigenvalue weighted by molar-refractivity contribution is 0.279. The van der Waals surface area contributed by atoms with Crippen molar-refractivity contribution < 1.29 is 0 Å². The van der Waals surface area contributed by atoms with Gasteiger partial charge in [0.25, 0.3) is 0 Å². The predicted molar refractivity (Wildman–Crippen MR) is 54.2 cm³/mol. The maximum atomic E-state index is 8.48. The van der Waals surface area contributed by atoms with Crippen molar-refractivity contribution in [2.75, 3.05) is 19.6 Å². The number of nitriles is 1. The lowest BCUT2D eigenvalue weighted by Crippen LogP contribution is -2.28. The second-order valence-electron chi connectivity index (χ2n) is 3.81. The van der Waals surface area contributed by atoms with Gasteiger partial charge in [-0.2, -0.15) is 5.26 Å². The van der Waals surface area contributed by atoms with Gasteiger partial charge in [-0.1, -0.05) is 19.1 Å². The summed E-state index contributed by atoms with van der Waals surface area (Å²) in [6.45, 7) is 5.38. The van der Waals surface area contributed by atoms with E-state index in [1.165, 1.54) is 12.8 Å². The molecule has 0 saturated carbocycles. The molecule has 0 bridgehead atoms. The fourth-order valence-corrected chi connectivity index (χ4v) is 1.58. The first kappa shape index (κ1) is 10.3. The Balaban J connectivity index is 2.34. The zero-order valence-electron chi connectivity index (χ0n) is 8.37. The summed E-state index contributed by atoms with van der Waals surface area (Å²) in [7, 11) is 0. The highest BCUT2D eigenvalue weighted by Gasteiger charge is 2.08. The van der Waals surface area contributed by atoms with Gasteiger partial charge in [-0.25, -0.2) is 0 Å². The van der Waals surface area contributed by atoms with Gasteiger partial charge in [-0.05, 0) is 25.3 Å². The summed E-state index contributed by atoms with van der Waals surface area (Å²) >= 11 is 0. The normalized spacial score (nSPS) is 24.8. The Hall–Kier alpha value is -0.810. The minimum atomic E-state index is 0.655. The van der Waals surface area contributed by atoms with Crippen LogP contribution in [-0.2, 0) is 0 Å². The number of hydrogen-bond donors (Lipinski definition) is 0. The molecular formula is C11H18N2. The second-order valence-corrected chi connectivity index (χ2v) is 3.81. The predicted octanol–water partition coefficient (Wildman–Crippen LogP) is 2.19. The van der Waals surface area contributed by atoms with Crippen molar-refractivity contribution in [2.24, 2.45) is 5.92 Å². The van der Waals surface area contributed by atoms with Gasteiger partial charge in [0.05, 0.1) is 6.07 Å². The first-order valence-corrected chi connectivity index (χ1v) is 5.07. The monoisotopic (exact) mass is 178 g/mol. The summed E-state index contributed by atoms with van der Waals surface area (Å²) in [5, 5.41) is 8.48. The molecule has 0 spiro atoms. The molecule has 13 heavy (non-hydrogen) atoms. The number of hydrogen-bond acceptors (Lipinski definition) is 2. The summed E-state index contributed by atoms with van der Waals surface area (Å²) in [5.74, 6) is 0.793. The van der Waals surface area contributed by atoms with Gasteiger partial charge >= 0.3 is 0 Å². The molecule has 1 atom stereocenters. The molecule has 2 nitrogen and oxygen atoms in total. The van der Waals surface area contributed by atoms with Gasteiger partial charge in [-0.15, -0.1) is 0 Å². The molecule has 72 valence electrons. The SMILES string of the molecule is CC1CC=CCN(CCC#N)CC1. The zero-order chi connectivity index (χ0) is 9.52. The highest BCUT2D eigenvalue weighted by atomic mass is 15.1. The molecule has 1 aliphatic heterocycles. The van der Waals surface area contributed by atoms with Crippen LogP contribution in [0.2, 0.25) is 0 Å². The quantitative estimate of drug-likeness (QED) is 0.606. The van der Waals surface area contributed by atoms with E-state index in [9.17, 15) is 0 Å². The van der Waals surface area contributed by atoms with Crippen LogP contribution >= 0.6 is 0 Å². The lowest BCUT2D eigenvalue weighted by Gasteiger charge is -2.23. The third-order valence-corrected chi connectivity index (χ3v) is 2.55. The standard InChI is InChI=1S/C11H18N2/c1-11-5-2-3-8-13(10-6-11)9-4-7-12/h2-3,11H,4-6,8-10H2,1H3. The smallest absolute Gasteiger partial charge is 0.0635 e. The van der Waals surface area contributed by atoms with E-state index in [2.05, 4.69) is 30.0 Å². The van der Waals surface area contributed by atoms with Crippen LogP contribution in [0, 0.1) is 17.2 Å². The minimum Gasteiger partial charge on any atom is -0.299 e. The van der Waals surface area contributed by atoms with Crippen molar-refractivity contribution in [2.45, 2.75) is 26.2 Å². The van der Waals surface area contributed by atoms with Crippen molar-refractivity contribution in [1.29, 1.82) is 5.26 Å². The zero-order valence-corrected chi connectivity index (χ0v) is 8.37. The third kappa shape index (κ3) is 4.10. The van der Waals surface area contributed by atoms with Gasteiger partial charge < -0.3 is 0 Å². The summed E-state index contributed by atoms with van der Waals surface area (Å²) in [6.07, 6.45) is 7.63. The van der Waals surface area contributed by atoms with Gasteiger partial charge in [0.15, 0.2) is 0 Å². The van der Waals surface area contributed by atoms with E-state index in [1.54, 1.807) is 0 Å². The van der Waals surface area contributed by atoms with Crippen molar-refractivity contribution in [1.82, 2.24) is 4.90 Å². The minimum absolute atomic E-state index is 0.655. The molecule has 2 heteroatoms. The van der Waals surface area contributed by atoms with Crippen LogP contribution in [0.5, 0.6) is 0 Å². The molecule has 1 aliphatic rings. The Kier molecular flexibility index (Phi) is 4.56. The lowest BCUT2D eigenvalue weighted by atomic mass is 10.0. The molecule has 1 rings (SSSR count). The largest absolute Gasteiger partial charge is 0.299 e. The first-order valence-electron chi connectivity index (χ1n) is 5.07. The van der Waals surface area contributed by atoms with Gasteiger partial charge in [0.1, 0.15) is 0 Å². The molecule has 0 N–H and O–H groups in total. The molecule has 0 fully saturated rings. The number of allylic oxidation sites excluding steroid dienone is 1. The average molecular weight is 178 g/mol. The van der Waals surface area contributed by atoms with E-state index < -0.39 is 0 Å². The summed E-state index contributed by atoms with van der Waals surface area (Å²) in [5.41, 5.74) is 0. The van der Waals surface area contributed by atoms with Crippen molar-refractivity contribution in [3.8, 4) is 6.07 Å². The Morgan fingerprint density at radius 1 is 1.54 bits per heavy atom. The molecule has 0 aromatic heterocycles. The fourth-order valence-electron chi connectivity index (χ4n) is 1.58. The Bertz CT molecular complexity index is 203. The molecular weight excluding hydrogens is 160 g/mol. The fraction of sp³-hybridized carbons (Fsp3) is 0.727. The molecule has 0 saturated heterocycles. The first-order chi connectivity index (χ1) is 6.33. The van der Waals surface area contributed by atoms with Crippen LogP contribution < -0.4 is 0 Å². The Labute approximate surface area is 80.8 Å². The van der Waals surface area contributed by atoms with E-state index in [1.807, 2.05) is 0 Å². The highest BCUT2D eigenvalue weighted by molar-refractivity contribution is 4.89. The molecule has 1 heterocycles. The second kappa shape index (κ2) is 5.77. The average Bonchev–Trinajstić information content (AvgIpc) is 2.11. The van der Waals surface area contributed by atoms with Crippen molar-refractivity contribution >= 4 is 0 Å². The highest BCUT2D eigenvalue weighted by Crippen LogP contribution is 2.12. The Morgan fingerprint density at radius 2 is 2.38 bits per heavy atom. The van der Waals surface area contributed by atoms with Crippen molar-refractivity contribution in [3.05, 3.63) is 12.2 Å². The van der Waals surface area contributed by atoms with Crippen LogP contribution in [-0.4, -0.2) is 24.5 Å². The molecule has 0 aromatic rings. The van der Waals surface area contributed by atoms with E-state index >= 15 is 0 Å². The van der Waals surface area contributed by atoms with Crippen LogP contribution in [0.4, 0.5) is 0 Å². The maximum Gasteiger partial charge on any atom is 0.0635 e. The topological polar surface area (TPSA) is 27.0 Å².